The number of amides is 3. The van der Waals surface area contributed by atoms with Crippen LogP contribution in [0.2, 0.25) is 0 Å². The second kappa shape index (κ2) is 15.5. The summed E-state index contributed by atoms with van der Waals surface area (Å²) < 4.78 is 13.6. The van der Waals surface area contributed by atoms with Crippen LogP contribution in [0.5, 0.6) is 17.5 Å². The normalized spacial score (nSPS) is 13.1. The highest BCUT2D eigenvalue weighted by Gasteiger charge is 2.22. The molecule has 3 aromatic heterocycles. The maximum Gasteiger partial charge on any atom is 0.324 e. The van der Waals surface area contributed by atoms with Crippen molar-refractivity contribution >= 4 is 39.9 Å². The second-order valence-electron chi connectivity index (χ2n) is 12.8. The molecule has 0 saturated carbocycles. The van der Waals surface area contributed by atoms with E-state index in [4.69, 9.17) is 14.6 Å². The first-order valence-electron chi connectivity index (χ1n) is 16.9. The molecule has 2 N–H and O–H groups in total. The van der Waals surface area contributed by atoms with Crippen molar-refractivity contribution < 1.29 is 19.1 Å². The lowest BCUT2D eigenvalue weighted by Crippen LogP contribution is -2.34. The van der Waals surface area contributed by atoms with Gasteiger partial charge in [0.15, 0.2) is 5.13 Å². The van der Waals surface area contributed by atoms with Crippen LogP contribution < -0.4 is 25.0 Å². The number of urea groups is 1. The predicted molar refractivity (Wildman–Crippen MR) is 196 cm³/mol. The standard InChI is InChI=1S/C37H42N8O4S/c1-6-15-48-34-24(4)17-29(18-25(34)5)45-32(19-27(43-45)16-23(2)3)42-35(47)41-28-20-38-36(39-21-28)49-30-12-10-26(11-13-30)31-22-40-37(50-31)44-14-8-7-9-33(44)46/h10-13,17-23H,6-9,14-16H2,1-5H3,(H2,41,42,47). The molecule has 260 valence electrons. The third-order valence-electron chi connectivity index (χ3n) is 8.04. The van der Waals surface area contributed by atoms with Gasteiger partial charge in [0, 0.05) is 25.2 Å². The van der Waals surface area contributed by atoms with Crippen LogP contribution in [0.25, 0.3) is 16.1 Å². The van der Waals surface area contributed by atoms with Crippen molar-refractivity contribution in [1.82, 2.24) is 24.7 Å². The zero-order valence-electron chi connectivity index (χ0n) is 29.0. The number of anilines is 3. The lowest BCUT2D eigenvalue weighted by atomic mass is 10.1. The lowest BCUT2D eigenvalue weighted by Gasteiger charge is -2.23. The molecule has 0 aliphatic carbocycles. The Hall–Kier alpha value is -5.30. The largest absolute Gasteiger partial charge is 0.493 e. The molecule has 6 rings (SSSR count). The van der Waals surface area contributed by atoms with Crippen LogP contribution >= 0.6 is 11.3 Å². The molecule has 1 fully saturated rings. The van der Waals surface area contributed by atoms with Gasteiger partial charge >= 0.3 is 12.0 Å². The first-order chi connectivity index (χ1) is 24.2. The maximum atomic E-state index is 13.1. The number of hydrogen-bond acceptors (Lipinski definition) is 9. The molecule has 0 radical (unpaired) electrons. The van der Waals surface area contributed by atoms with E-state index in [1.165, 1.54) is 23.7 Å². The predicted octanol–water partition coefficient (Wildman–Crippen LogP) is 8.34. The molecule has 50 heavy (non-hydrogen) atoms. The summed E-state index contributed by atoms with van der Waals surface area (Å²) in [5, 5.41) is 11.3. The van der Waals surface area contributed by atoms with Gasteiger partial charge in [-0.2, -0.15) is 5.10 Å². The molecule has 3 amide bonds. The van der Waals surface area contributed by atoms with Gasteiger partial charge in [0.1, 0.15) is 17.3 Å². The van der Waals surface area contributed by atoms with E-state index in [-0.39, 0.29) is 11.9 Å². The summed E-state index contributed by atoms with van der Waals surface area (Å²) in [6.45, 7) is 11.7. The molecule has 0 unspecified atom stereocenters. The van der Waals surface area contributed by atoms with Crippen molar-refractivity contribution in [3.05, 3.63) is 77.9 Å². The van der Waals surface area contributed by atoms with Crippen LogP contribution in [0, 0.1) is 19.8 Å². The summed E-state index contributed by atoms with van der Waals surface area (Å²) in [6, 6.07) is 13.1. The van der Waals surface area contributed by atoms with Gasteiger partial charge in [-0.15, -0.1) is 0 Å². The first-order valence-corrected chi connectivity index (χ1v) is 17.8. The third-order valence-corrected chi connectivity index (χ3v) is 9.11. The fourth-order valence-electron chi connectivity index (χ4n) is 5.75. The molecular formula is C37H42N8O4S. The fourth-order valence-corrected chi connectivity index (χ4v) is 6.72. The molecule has 12 nitrogen and oxygen atoms in total. The van der Waals surface area contributed by atoms with Gasteiger partial charge in [0.2, 0.25) is 5.91 Å². The topological polar surface area (TPSA) is 136 Å². The Morgan fingerprint density at radius 3 is 2.40 bits per heavy atom. The highest BCUT2D eigenvalue weighted by Crippen LogP contribution is 2.34. The SMILES string of the molecule is CCCOc1c(C)cc(-n2nc(CC(C)C)cc2NC(=O)Nc2cnc(Oc3ccc(-c4cnc(N5CCCCC5=O)s4)cc3)nc2)cc1C. The van der Waals surface area contributed by atoms with E-state index in [0.29, 0.717) is 42.7 Å². The zero-order chi connectivity index (χ0) is 35.2. The smallest absolute Gasteiger partial charge is 0.324 e. The van der Waals surface area contributed by atoms with Gasteiger partial charge in [0.05, 0.1) is 40.9 Å². The monoisotopic (exact) mass is 694 g/mol. The van der Waals surface area contributed by atoms with E-state index in [1.54, 1.807) is 15.8 Å². The average Bonchev–Trinajstić information content (AvgIpc) is 3.73. The van der Waals surface area contributed by atoms with Crippen molar-refractivity contribution in [1.29, 1.82) is 0 Å². The van der Waals surface area contributed by atoms with Crippen LogP contribution in [0.1, 0.15) is 63.3 Å². The van der Waals surface area contributed by atoms with E-state index in [9.17, 15) is 9.59 Å². The number of nitrogens with zero attached hydrogens (tertiary/aromatic N) is 6. The number of piperidine rings is 1. The molecule has 1 aliphatic heterocycles. The van der Waals surface area contributed by atoms with Crippen LogP contribution in [-0.2, 0) is 11.2 Å². The molecule has 2 aromatic carbocycles. The minimum atomic E-state index is -0.456. The highest BCUT2D eigenvalue weighted by atomic mass is 32.1. The maximum absolute atomic E-state index is 13.1. The molecular weight excluding hydrogens is 653 g/mol. The number of thiazole rings is 1. The third kappa shape index (κ3) is 8.28. The van der Waals surface area contributed by atoms with Gasteiger partial charge in [-0.3, -0.25) is 15.0 Å². The van der Waals surface area contributed by atoms with E-state index >= 15 is 0 Å². The van der Waals surface area contributed by atoms with Gasteiger partial charge in [-0.25, -0.2) is 24.4 Å². The summed E-state index contributed by atoms with van der Waals surface area (Å²) in [4.78, 5) is 41.2. The number of carbonyl (C=O) groups excluding carboxylic acids is 2. The minimum Gasteiger partial charge on any atom is -0.493 e. The quantitative estimate of drug-likeness (QED) is 0.133. The Morgan fingerprint density at radius 2 is 1.72 bits per heavy atom. The minimum absolute atomic E-state index is 0.131. The number of rotatable bonds is 12. The van der Waals surface area contributed by atoms with Crippen molar-refractivity contribution in [3.63, 3.8) is 0 Å². The molecule has 0 bridgehead atoms. The van der Waals surface area contributed by atoms with E-state index in [1.807, 2.05) is 56.3 Å². The summed E-state index contributed by atoms with van der Waals surface area (Å²) in [7, 11) is 0. The van der Waals surface area contributed by atoms with Gasteiger partial charge < -0.3 is 14.8 Å². The number of hydrogen-bond donors (Lipinski definition) is 2. The molecule has 4 heterocycles. The van der Waals surface area contributed by atoms with Crippen LogP contribution in [0.3, 0.4) is 0 Å². The van der Waals surface area contributed by atoms with Crippen LogP contribution in [-0.4, -0.2) is 49.8 Å². The number of benzene rings is 2. The van der Waals surface area contributed by atoms with E-state index in [2.05, 4.69) is 46.4 Å². The average molecular weight is 695 g/mol. The first kappa shape index (κ1) is 34.6. The molecule has 13 heteroatoms. The number of nitrogens with one attached hydrogen (secondary N) is 2. The van der Waals surface area contributed by atoms with Crippen molar-refractivity contribution in [2.75, 3.05) is 28.7 Å². The van der Waals surface area contributed by atoms with Crippen molar-refractivity contribution in [2.45, 2.75) is 66.7 Å². The number of aromatic nitrogens is 5. The van der Waals surface area contributed by atoms with E-state index in [0.717, 1.165) is 69.5 Å². The van der Waals surface area contributed by atoms with Crippen molar-refractivity contribution in [3.8, 4) is 33.6 Å². The number of carbonyl (C=O) groups is 2. The van der Waals surface area contributed by atoms with Gasteiger partial charge in [-0.1, -0.05) is 32.1 Å². The van der Waals surface area contributed by atoms with Crippen LogP contribution in [0.15, 0.2) is 61.1 Å². The Bertz CT molecular complexity index is 1930. The summed E-state index contributed by atoms with van der Waals surface area (Å²) in [5.41, 5.74) is 5.08. The van der Waals surface area contributed by atoms with Gasteiger partial charge in [0.25, 0.3) is 0 Å². The number of aryl methyl sites for hydroxylation is 2. The summed E-state index contributed by atoms with van der Waals surface area (Å²) >= 11 is 1.50. The Morgan fingerprint density at radius 1 is 0.980 bits per heavy atom. The highest BCUT2D eigenvalue weighted by molar-refractivity contribution is 7.19. The molecule has 0 spiro atoms. The number of ether oxygens (including phenoxy) is 2. The van der Waals surface area contributed by atoms with Gasteiger partial charge in [-0.05, 0) is 98.5 Å². The lowest BCUT2D eigenvalue weighted by molar-refractivity contribution is -0.119. The molecule has 5 aromatic rings. The summed E-state index contributed by atoms with van der Waals surface area (Å²) in [6.07, 6.45) is 8.97. The molecule has 1 saturated heterocycles. The van der Waals surface area contributed by atoms with E-state index < -0.39 is 6.03 Å². The molecule has 1 aliphatic rings. The Kier molecular flexibility index (Phi) is 10.7. The molecule has 0 atom stereocenters. The van der Waals surface area contributed by atoms with Crippen molar-refractivity contribution in [2.24, 2.45) is 5.92 Å². The zero-order valence-corrected chi connectivity index (χ0v) is 29.8. The van der Waals surface area contributed by atoms with Crippen LogP contribution in [0.4, 0.5) is 21.4 Å². The Balaban J connectivity index is 1.09. The second-order valence-corrected chi connectivity index (χ2v) is 13.8. The Labute approximate surface area is 295 Å². The summed E-state index contributed by atoms with van der Waals surface area (Å²) in [5.74, 6) is 2.50. The fraction of sp³-hybridized carbons (Fsp3) is 0.351.